The van der Waals surface area contributed by atoms with Gasteiger partial charge in [-0.15, -0.1) is 0 Å². The lowest BCUT2D eigenvalue weighted by Gasteiger charge is -2.26. The lowest BCUT2D eigenvalue weighted by molar-refractivity contribution is 0.387. The fourth-order valence-corrected chi connectivity index (χ4v) is 3.55. The van der Waals surface area contributed by atoms with E-state index in [1.165, 1.54) is 0 Å². The molecule has 1 aromatic carbocycles. The van der Waals surface area contributed by atoms with Crippen LogP contribution in [0.1, 0.15) is 53.0 Å². The summed E-state index contributed by atoms with van der Waals surface area (Å²) in [6, 6.07) is 6.28. The van der Waals surface area contributed by atoms with Crippen LogP contribution in [0.2, 0.25) is 0 Å². The Balaban J connectivity index is 2.67. The highest BCUT2D eigenvalue weighted by Crippen LogP contribution is 2.44. The lowest BCUT2D eigenvalue weighted by Crippen LogP contribution is -2.10. The number of hydrogen-bond acceptors (Lipinski definition) is 4. The van der Waals surface area contributed by atoms with Gasteiger partial charge in [-0.3, -0.25) is 4.98 Å². The number of pyridine rings is 1. The zero-order valence-electron chi connectivity index (χ0n) is 15.7. The molecule has 0 N–H and O–H groups in total. The summed E-state index contributed by atoms with van der Waals surface area (Å²) >= 11 is 0. The van der Waals surface area contributed by atoms with Crippen molar-refractivity contribution in [1.82, 2.24) is 4.98 Å². The molecule has 1 atom stereocenters. The highest BCUT2D eigenvalue weighted by atomic mass is 16.5. The summed E-state index contributed by atoms with van der Waals surface area (Å²) in [4.78, 5) is 4.29. The number of methoxy groups -OCH3 is 2. The van der Waals surface area contributed by atoms with Crippen molar-refractivity contribution in [1.29, 1.82) is 5.26 Å². The van der Waals surface area contributed by atoms with Gasteiger partial charge in [0.2, 0.25) is 0 Å². The minimum absolute atomic E-state index is 0.116. The van der Waals surface area contributed by atoms with Gasteiger partial charge in [-0.1, -0.05) is 6.07 Å². The number of nitrogens with zero attached hydrogens (tertiary/aromatic N) is 2. The van der Waals surface area contributed by atoms with Gasteiger partial charge in [0.15, 0.2) is 0 Å². The van der Waals surface area contributed by atoms with Crippen LogP contribution in [-0.2, 0) is 0 Å². The fourth-order valence-electron chi connectivity index (χ4n) is 3.55. The van der Waals surface area contributed by atoms with Gasteiger partial charge in [-0.25, -0.2) is 0 Å². The molecule has 2 rings (SSSR count). The number of rotatable bonds is 7. The quantitative estimate of drug-likeness (QED) is 0.677. The standard InChI is InChI=1S/C21H26N2O2/c1-14-15(2)21(25-5)19(16(3)20(14)24-4)18(10-6-7-11-22)17-9-8-12-23-13-17/h8-9,12-13,18H,6-7,10H2,1-5H3. The second-order valence-corrected chi connectivity index (χ2v) is 6.24. The van der Waals surface area contributed by atoms with Gasteiger partial charge in [-0.05, 0) is 61.9 Å². The van der Waals surface area contributed by atoms with Crippen molar-refractivity contribution in [2.75, 3.05) is 14.2 Å². The zero-order valence-corrected chi connectivity index (χ0v) is 15.7. The first-order valence-corrected chi connectivity index (χ1v) is 8.55. The molecule has 1 aromatic heterocycles. The first kappa shape index (κ1) is 18.8. The van der Waals surface area contributed by atoms with Gasteiger partial charge in [0, 0.05) is 30.3 Å². The van der Waals surface area contributed by atoms with Gasteiger partial charge in [0.25, 0.3) is 0 Å². The average molecular weight is 338 g/mol. The van der Waals surface area contributed by atoms with Crippen LogP contribution in [0.5, 0.6) is 11.5 Å². The number of benzene rings is 1. The van der Waals surface area contributed by atoms with E-state index in [1.807, 2.05) is 12.3 Å². The number of ether oxygens (including phenoxy) is 2. The molecule has 0 amide bonds. The smallest absolute Gasteiger partial charge is 0.126 e. The van der Waals surface area contributed by atoms with E-state index in [2.05, 4.69) is 37.9 Å². The van der Waals surface area contributed by atoms with E-state index in [0.29, 0.717) is 6.42 Å². The predicted octanol–water partition coefficient (Wildman–Crippen LogP) is 4.85. The lowest BCUT2D eigenvalue weighted by atomic mass is 9.82. The van der Waals surface area contributed by atoms with E-state index < -0.39 is 0 Å². The predicted molar refractivity (Wildman–Crippen MR) is 99.3 cm³/mol. The average Bonchev–Trinajstić information content (AvgIpc) is 2.63. The second kappa shape index (κ2) is 8.53. The van der Waals surface area contributed by atoms with Crippen LogP contribution in [0.4, 0.5) is 0 Å². The molecular formula is C21H26N2O2. The SMILES string of the molecule is COc1c(C)c(C)c(OC)c(C(CCCC#N)c2cccnc2)c1C. The van der Waals surface area contributed by atoms with Crippen LogP contribution in [0.25, 0.3) is 0 Å². The maximum Gasteiger partial charge on any atom is 0.126 e. The molecule has 4 heteroatoms. The van der Waals surface area contributed by atoms with Crippen molar-refractivity contribution < 1.29 is 9.47 Å². The summed E-state index contributed by atoms with van der Waals surface area (Å²) in [5.41, 5.74) is 5.55. The summed E-state index contributed by atoms with van der Waals surface area (Å²) in [6.07, 6.45) is 5.91. The third-order valence-corrected chi connectivity index (χ3v) is 4.86. The van der Waals surface area contributed by atoms with Gasteiger partial charge >= 0.3 is 0 Å². The van der Waals surface area contributed by atoms with Gasteiger partial charge in [0.1, 0.15) is 11.5 Å². The Hall–Kier alpha value is -2.54. The van der Waals surface area contributed by atoms with Gasteiger partial charge in [0.05, 0.1) is 20.3 Å². The summed E-state index contributed by atoms with van der Waals surface area (Å²) in [5.74, 6) is 1.93. The molecule has 1 unspecified atom stereocenters. The number of hydrogen-bond donors (Lipinski definition) is 0. The molecule has 0 fully saturated rings. The Bertz CT molecular complexity index is 764. The molecule has 0 aliphatic heterocycles. The van der Waals surface area contributed by atoms with Crippen molar-refractivity contribution in [3.8, 4) is 17.6 Å². The summed E-state index contributed by atoms with van der Waals surface area (Å²) in [7, 11) is 3.42. The fraction of sp³-hybridized carbons (Fsp3) is 0.429. The molecule has 1 heterocycles. The molecule has 0 bridgehead atoms. The summed E-state index contributed by atoms with van der Waals surface area (Å²) < 4.78 is 11.5. The van der Waals surface area contributed by atoms with Crippen molar-refractivity contribution in [3.05, 3.63) is 52.3 Å². The monoisotopic (exact) mass is 338 g/mol. The Kier molecular flexibility index (Phi) is 6.41. The molecule has 4 nitrogen and oxygen atoms in total. The molecule has 132 valence electrons. The third kappa shape index (κ3) is 3.76. The van der Waals surface area contributed by atoms with Crippen LogP contribution in [0.15, 0.2) is 24.5 Å². The molecule has 25 heavy (non-hydrogen) atoms. The first-order chi connectivity index (χ1) is 12.1. The molecule has 0 aliphatic carbocycles. The molecular weight excluding hydrogens is 312 g/mol. The minimum Gasteiger partial charge on any atom is -0.496 e. The normalized spacial score (nSPS) is 11.7. The van der Waals surface area contributed by atoms with E-state index in [4.69, 9.17) is 14.7 Å². The van der Waals surface area contributed by atoms with E-state index in [1.54, 1.807) is 20.4 Å². The van der Waals surface area contributed by atoms with Crippen molar-refractivity contribution in [2.45, 2.75) is 46.0 Å². The van der Waals surface area contributed by atoms with E-state index >= 15 is 0 Å². The summed E-state index contributed by atoms with van der Waals surface area (Å²) in [6.45, 7) is 6.20. The Morgan fingerprint density at radius 1 is 1.08 bits per heavy atom. The Labute approximate surface area is 150 Å². The maximum absolute atomic E-state index is 8.93. The highest BCUT2D eigenvalue weighted by Gasteiger charge is 2.26. The summed E-state index contributed by atoms with van der Waals surface area (Å²) in [5, 5.41) is 8.93. The topological polar surface area (TPSA) is 55.1 Å². The highest BCUT2D eigenvalue weighted by molar-refractivity contribution is 5.60. The largest absolute Gasteiger partial charge is 0.496 e. The third-order valence-electron chi connectivity index (χ3n) is 4.86. The molecule has 0 aliphatic rings. The second-order valence-electron chi connectivity index (χ2n) is 6.24. The first-order valence-electron chi connectivity index (χ1n) is 8.55. The van der Waals surface area contributed by atoms with Crippen molar-refractivity contribution in [3.63, 3.8) is 0 Å². The van der Waals surface area contributed by atoms with E-state index in [-0.39, 0.29) is 5.92 Å². The van der Waals surface area contributed by atoms with Crippen LogP contribution in [0.3, 0.4) is 0 Å². The minimum atomic E-state index is 0.116. The molecule has 0 spiro atoms. The van der Waals surface area contributed by atoms with Crippen LogP contribution in [-0.4, -0.2) is 19.2 Å². The van der Waals surface area contributed by atoms with Crippen LogP contribution < -0.4 is 9.47 Å². The van der Waals surface area contributed by atoms with Crippen LogP contribution in [0, 0.1) is 32.1 Å². The number of nitriles is 1. The van der Waals surface area contributed by atoms with E-state index in [0.717, 1.165) is 52.2 Å². The molecule has 2 aromatic rings. The van der Waals surface area contributed by atoms with Crippen LogP contribution >= 0.6 is 0 Å². The molecule has 0 saturated carbocycles. The van der Waals surface area contributed by atoms with Gasteiger partial charge < -0.3 is 9.47 Å². The maximum atomic E-state index is 8.93. The van der Waals surface area contributed by atoms with Crippen molar-refractivity contribution in [2.24, 2.45) is 0 Å². The zero-order chi connectivity index (χ0) is 18.4. The molecule has 0 radical (unpaired) electrons. The molecule has 0 saturated heterocycles. The Morgan fingerprint density at radius 3 is 2.32 bits per heavy atom. The number of aromatic nitrogens is 1. The van der Waals surface area contributed by atoms with Gasteiger partial charge in [-0.2, -0.15) is 5.26 Å². The number of unbranched alkanes of at least 4 members (excludes halogenated alkanes) is 1. The van der Waals surface area contributed by atoms with Crippen molar-refractivity contribution >= 4 is 0 Å². The Morgan fingerprint density at radius 2 is 1.76 bits per heavy atom. The van der Waals surface area contributed by atoms with E-state index in [9.17, 15) is 0 Å².